The van der Waals surface area contributed by atoms with Gasteiger partial charge in [-0.15, -0.1) is 5.17 Å². The summed E-state index contributed by atoms with van der Waals surface area (Å²) in [5.41, 5.74) is 2.16. The molecule has 1 saturated carbocycles. The Labute approximate surface area is 94.4 Å². The van der Waals surface area contributed by atoms with Crippen LogP contribution < -0.4 is 5.43 Å². The Balaban J connectivity index is 1.96. The fourth-order valence-electron chi connectivity index (χ4n) is 2.21. The maximum atomic E-state index is 11.3. The summed E-state index contributed by atoms with van der Waals surface area (Å²) in [6.45, 7) is 1.48. The molecule has 0 spiro atoms. The highest BCUT2D eigenvalue weighted by Gasteiger charge is 2.42. The fraction of sp³-hybridized carbons (Fsp3) is 0.900. The number of nitrogens with zero attached hydrogens (tertiary/aromatic N) is 1. The lowest BCUT2D eigenvalue weighted by Gasteiger charge is -2.31. The average molecular weight is 230 g/mol. The molecule has 0 aromatic heterocycles. The second-order valence-corrected chi connectivity index (χ2v) is 4.32. The Bertz CT molecular complexity index is 245. The molecule has 16 heavy (non-hydrogen) atoms. The molecule has 2 aliphatic rings. The molecule has 0 radical (unpaired) electrons. The van der Waals surface area contributed by atoms with Crippen LogP contribution in [-0.2, 0) is 14.4 Å². The van der Waals surface area contributed by atoms with Gasteiger partial charge >= 0.3 is 5.97 Å². The smallest absolute Gasteiger partial charge is 0.325 e. The second-order valence-electron chi connectivity index (χ2n) is 4.32. The molecule has 0 unspecified atom stereocenters. The average Bonchev–Trinajstić information content (AvgIpc) is 2.58. The van der Waals surface area contributed by atoms with Crippen molar-refractivity contribution in [1.82, 2.24) is 10.6 Å². The van der Waals surface area contributed by atoms with Gasteiger partial charge in [0.25, 0.3) is 0 Å². The first-order chi connectivity index (χ1) is 7.73. The lowest BCUT2D eigenvalue weighted by Crippen LogP contribution is -2.57. The van der Waals surface area contributed by atoms with E-state index in [9.17, 15) is 9.90 Å². The first-order valence-corrected chi connectivity index (χ1v) is 5.72. The summed E-state index contributed by atoms with van der Waals surface area (Å²) in [5, 5.41) is 10.8. The van der Waals surface area contributed by atoms with Crippen LogP contribution >= 0.6 is 0 Å². The Morgan fingerprint density at radius 3 is 2.75 bits per heavy atom. The van der Waals surface area contributed by atoms with E-state index in [1.807, 2.05) is 0 Å². The van der Waals surface area contributed by atoms with Crippen molar-refractivity contribution in [2.45, 2.75) is 37.6 Å². The monoisotopic (exact) mass is 230 g/mol. The zero-order valence-electron chi connectivity index (χ0n) is 9.28. The van der Waals surface area contributed by atoms with Gasteiger partial charge in [-0.1, -0.05) is 12.8 Å². The number of hydroxylamine groups is 1. The van der Waals surface area contributed by atoms with E-state index in [1.54, 1.807) is 0 Å². The number of carboxylic acids is 1. The van der Waals surface area contributed by atoms with Crippen molar-refractivity contribution in [3.8, 4) is 0 Å². The van der Waals surface area contributed by atoms with Gasteiger partial charge in [0.2, 0.25) is 0 Å². The number of rotatable bonds is 3. The third-order valence-electron chi connectivity index (χ3n) is 3.15. The van der Waals surface area contributed by atoms with Crippen LogP contribution in [0.2, 0.25) is 0 Å². The normalized spacial score (nSPS) is 26.5. The van der Waals surface area contributed by atoms with E-state index >= 15 is 0 Å². The summed E-state index contributed by atoms with van der Waals surface area (Å²) in [6, 6.07) is 0. The minimum absolute atomic E-state index is 0.183. The Morgan fingerprint density at radius 1 is 1.31 bits per heavy atom. The van der Waals surface area contributed by atoms with Gasteiger partial charge in [-0.2, -0.15) is 0 Å². The van der Waals surface area contributed by atoms with Gasteiger partial charge < -0.3 is 9.84 Å². The molecule has 0 bridgehead atoms. The number of aliphatic carboxylic acids is 1. The Hall–Kier alpha value is -0.690. The third kappa shape index (κ3) is 2.52. The zero-order chi connectivity index (χ0) is 11.4. The second kappa shape index (κ2) is 5.09. The summed E-state index contributed by atoms with van der Waals surface area (Å²) in [4.78, 5) is 16.6. The van der Waals surface area contributed by atoms with Gasteiger partial charge in [-0.05, 0) is 19.3 Å². The third-order valence-corrected chi connectivity index (χ3v) is 3.15. The molecule has 2 N–H and O–H groups in total. The predicted octanol–water partition coefficient (Wildman–Crippen LogP) is 0.500. The highest BCUT2D eigenvalue weighted by Crippen LogP contribution is 2.30. The molecule has 1 saturated heterocycles. The Kier molecular flexibility index (Phi) is 3.75. The molecule has 1 heterocycles. The SMILES string of the molecule is O=C(O)C1(NN2CCCOCO2)CCCC1. The first-order valence-electron chi connectivity index (χ1n) is 5.72. The van der Waals surface area contributed by atoms with Gasteiger partial charge in [0, 0.05) is 6.54 Å². The molecule has 1 aliphatic heterocycles. The first kappa shape index (κ1) is 11.8. The van der Waals surface area contributed by atoms with Crippen LogP contribution in [0, 0.1) is 0 Å². The van der Waals surface area contributed by atoms with Gasteiger partial charge in [-0.25, -0.2) is 5.43 Å². The fourth-order valence-corrected chi connectivity index (χ4v) is 2.21. The summed E-state index contributed by atoms with van der Waals surface area (Å²) >= 11 is 0. The van der Waals surface area contributed by atoms with Gasteiger partial charge in [0.15, 0.2) is 6.79 Å². The van der Waals surface area contributed by atoms with E-state index in [4.69, 9.17) is 9.57 Å². The van der Waals surface area contributed by atoms with E-state index in [1.165, 1.54) is 5.17 Å². The Morgan fingerprint density at radius 2 is 2.06 bits per heavy atom. The number of carboxylic acid groups (broad SMARTS) is 1. The lowest BCUT2D eigenvalue weighted by atomic mass is 9.99. The standard InChI is InChI=1S/C10H18N2O4/c13-9(14)10(4-1-2-5-10)11-12-6-3-7-15-8-16-12/h11H,1-8H2,(H,13,14). The molecule has 6 heteroatoms. The molecular weight excluding hydrogens is 212 g/mol. The molecular formula is C10H18N2O4. The van der Waals surface area contributed by atoms with Crippen molar-refractivity contribution in [1.29, 1.82) is 0 Å². The molecule has 1 aliphatic carbocycles. The topological polar surface area (TPSA) is 71.0 Å². The van der Waals surface area contributed by atoms with Gasteiger partial charge in [0.05, 0.1) is 6.61 Å². The van der Waals surface area contributed by atoms with E-state index in [0.29, 0.717) is 26.0 Å². The van der Waals surface area contributed by atoms with E-state index in [-0.39, 0.29) is 6.79 Å². The molecule has 0 amide bonds. The molecule has 0 aromatic rings. The molecule has 2 rings (SSSR count). The van der Waals surface area contributed by atoms with Crippen LogP contribution in [-0.4, -0.2) is 41.7 Å². The van der Waals surface area contributed by atoms with Crippen LogP contribution in [0.25, 0.3) is 0 Å². The number of hydrazine groups is 1. The minimum Gasteiger partial charge on any atom is -0.480 e. The largest absolute Gasteiger partial charge is 0.480 e. The van der Waals surface area contributed by atoms with Crippen molar-refractivity contribution in [3.63, 3.8) is 0 Å². The number of carbonyl (C=O) groups is 1. The van der Waals surface area contributed by atoms with Crippen molar-refractivity contribution < 1.29 is 19.5 Å². The summed E-state index contributed by atoms with van der Waals surface area (Å²) < 4.78 is 5.13. The van der Waals surface area contributed by atoms with E-state index in [2.05, 4.69) is 5.43 Å². The molecule has 92 valence electrons. The molecule has 2 fully saturated rings. The van der Waals surface area contributed by atoms with E-state index < -0.39 is 11.5 Å². The van der Waals surface area contributed by atoms with Crippen LogP contribution in [0.3, 0.4) is 0 Å². The predicted molar refractivity (Wildman–Crippen MR) is 55.2 cm³/mol. The maximum absolute atomic E-state index is 11.3. The minimum atomic E-state index is -0.843. The highest BCUT2D eigenvalue weighted by atomic mass is 16.8. The van der Waals surface area contributed by atoms with E-state index in [0.717, 1.165) is 19.3 Å². The van der Waals surface area contributed by atoms with Gasteiger partial charge in [-0.3, -0.25) is 9.63 Å². The lowest BCUT2D eigenvalue weighted by molar-refractivity contribution is -0.246. The number of ether oxygens (including phenoxy) is 1. The number of hydrogen-bond acceptors (Lipinski definition) is 5. The van der Waals surface area contributed by atoms with Crippen LogP contribution in [0.5, 0.6) is 0 Å². The molecule has 6 nitrogen and oxygen atoms in total. The quantitative estimate of drug-likeness (QED) is 0.735. The maximum Gasteiger partial charge on any atom is 0.325 e. The number of nitrogens with one attached hydrogen (secondary N) is 1. The molecule has 0 aromatic carbocycles. The van der Waals surface area contributed by atoms with Crippen LogP contribution in [0.4, 0.5) is 0 Å². The zero-order valence-corrected chi connectivity index (χ0v) is 9.28. The summed E-state index contributed by atoms with van der Waals surface area (Å²) in [5.74, 6) is -0.793. The van der Waals surface area contributed by atoms with Crippen molar-refractivity contribution in [2.75, 3.05) is 19.9 Å². The van der Waals surface area contributed by atoms with Crippen molar-refractivity contribution in [3.05, 3.63) is 0 Å². The number of hydrogen-bond donors (Lipinski definition) is 2. The van der Waals surface area contributed by atoms with Crippen LogP contribution in [0.1, 0.15) is 32.1 Å². The van der Waals surface area contributed by atoms with Gasteiger partial charge in [0.1, 0.15) is 5.54 Å². The highest BCUT2D eigenvalue weighted by molar-refractivity contribution is 5.79. The summed E-state index contributed by atoms with van der Waals surface area (Å²) in [7, 11) is 0. The summed E-state index contributed by atoms with van der Waals surface area (Å²) in [6.07, 6.45) is 4.04. The van der Waals surface area contributed by atoms with Crippen molar-refractivity contribution in [2.24, 2.45) is 0 Å². The molecule has 0 atom stereocenters. The van der Waals surface area contributed by atoms with Crippen LogP contribution in [0.15, 0.2) is 0 Å². The van der Waals surface area contributed by atoms with Crippen molar-refractivity contribution >= 4 is 5.97 Å².